The van der Waals surface area contributed by atoms with Crippen LogP contribution in [0.15, 0.2) is 16.3 Å². The molecule has 7 heteroatoms. The van der Waals surface area contributed by atoms with Gasteiger partial charge in [-0.15, -0.1) is 11.3 Å². The molecule has 1 saturated heterocycles. The molecule has 0 aliphatic carbocycles. The second-order valence-electron chi connectivity index (χ2n) is 5.32. The van der Waals surface area contributed by atoms with Crippen molar-refractivity contribution in [1.82, 2.24) is 9.62 Å². The lowest BCUT2D eigenvalue weighted by atomic mass is 10.3. The second-order valence-corrected chi connectivity index (χ2v) is 8.21. The number of ether oxygens (including phenoxy) is 1. The summed E-state index contributed by atoms with van der Waals surface area (Å²) in [7, 11) is -3.39. The molecule has 2 rings (SSSR count). The van der Waals surface area contributed by atoms with Crippen LogP contribution in [-0.4, -0.2) is 44.6 Å². The van der Waals surface area contributed by atoms with Crippen LogP contribution in [0.5, 0.6) is 0 Å². The molecule has 1 aromatic heterocycles. The molecular formula is C13H22N2O3S2. The minimum absolute atomic E-state index is 0.106. The van der Waals surface area contributed by atoms with Crippen LogP contribution < -0.4 is 5.32 Å². The number of morpholine rings is 1. The van der Waals surface area contributed by atoms with E-state index in [4.69, 9.17) is 4.74 Å². The molecule has 20 heavy (non-hydrogen) atoms. The van der Waals surface area contributed by atoms with Gasteiger partial charge >= 0.3 is 0 Å². The molecule has 1 aromatic rings. The molecule has 0 radical (unpaired) electrons. The van der Waals surface area contributed by atoms with Crippen molar-refractivity contribution in [3.05, 3.63) is 16.3 Å². The highest BCUT2D eigenvalue weighted by atomic mass is 32.2. The normalized spacial score (nSPS) is 21.5. The van der Waals surface area contributed by atoms with E-state index in [1.807, 2.05) is 6.92 Å². The number of rotatable bonds is 5. The molecule has 0 aromatic carbocycles. The first-order valence-electron chi connectivity index (χ1n) is 6.81. The molecule has 0 amide bonds. The zero-order chi connectivity index (χ0) is 14.8. The van der Waals surface area contributed by atoms with Crippen molar-refractivity contribution in [3.8, 4) is 0 Å². The van der Waals surface area contributed by atoms with Gasteiger partial charge in [-0.2, -0.15) is 4.31 Å². The molecule has 0 saturated carbocycles. The summed E-state index contributed by atoms with van der Waals surface area (Å²) in [6.07, 6.45) is 0. The third kappa shape index (κ3) is 3.59. The molecule has 5 nitrogen and oxygen atoms in total. The summed E-state index contributed by atoms with van der Waals surface area (Å²) in [6, 6.07) is 2.06. The van der Waals surface area contributed by atoms with E-state index in [-0.39, 0.29) is 6.04 Å². The molecule has 1 N–H and O–H groups in total. The van der Waals surface area contributed by atoms with Crippen LogP contribution in [0.1, 0.15) is 25.6 Å². The molecule has 114 valence electrons. The maximum absolute atomic E-state index is 12.6. The minimum atomic E-state index is -3.39. The number of nitrogens with one attached hydrogen (secondary N) is 1. The summed E-state index contributed by atoms with van der Waals surface area (Å²) in [5.41, 5.74) is 0. The Balaban J connectivity index is 2.13. The van der Waals surface area contributed by atoms with Gasteiger partial charge < -0.3 is 10.1 Å². The van der Waals surface area contributed by atoms with E-state index >= 15 is 0 Å². The van der Waals surface area contributed by atoms with Crippen LogP contribution in [0.4, 0.5) is 0 Å². The van der Waals surface area contributed by atoms with E-state index in [1.165, 1.54) is 15.6 Å². The van der Waals surface area contributed by atoms with Gasteiger partial charge in [0.25, 0.3) is 0 Å². The molecule has 2 heterocycles. The fourth-order valence-electron chi connectivity index (χ4n) is 2.10. The smallest absolute Gasteiger partial charge is 0.244 e. The van der Waals surface area contributed by atoms with Crippen molar-refractivity contribution >= 4 is 21.4 Å². The summed E-state index contributed by atoms with van der Waals surface area (Å²) in [5, 5.41) is 5.03. The van der Waals surface area contributed by atoms with Gasteiger partial charge in [-0.1, -0.05) is 13.8 Å². The van der Waals surface area contributed by atoms with Crippen LogP contribution in [-0.2, 0) is 21.3 Å². The van der Waals surface area contributed by atoms with Crippen molar-refractivity contribution in [3.63, 3.8) is 0 Å². The second kappa shape index (κ2) is 6.53. The Morgan fingerprint density at radius 2 is 2.30 bits per heavy atom. The lowest BCUT2D eigenvalue weighted by Gasteiger charge is -2.31. The fraction of sp³-hybridized carbons (Fsp3) is 0.692. The van der Waals surface area contributed by atoms with Crippen LogP contribution in [0.2, 0.25) is 0 Å². The quantitative estimate of drug-likeness (QED) is 0.897. The average molecular weight is 318 g/mol. The lowest BCUT2D eigenvalue weighted by Crippen LogP contribution is -2.46. The number of thiophene rings is 1. The van der Waals surface area contributed by atoms with Crippen molar-refractivity contribution in [2.75, 3.05) is 19.8 Å². The number of hydrogen-bond donors (Lipinski definition) is 1. The first-order chi connectivity index (χ1) is 9.41. The SMILES string of the molecule is CC(C)NCc1cc(S(=O)(=O)N2CCOCC2C)cs1. The maximum Gasteiger partial charge on any atom is 0.244 e. The van der Waals surface area contributed by atoms with Crippen molar-refractivity contribution in [2.45, 2.75) is 44.3 Å². The number of sulfonamides is 1. The summed E-state index contributed by atoms with van der Waals surface area (Å²) >= 11 is 1.48. The summed E-state index contributed by atoms with van der Waals surface area (Å²) in [4.78, 5) is 1.44. The lowest BCUT2D eigenvalue weighted by molar-refractivity contribution is 0.0393. The van der Waals surface area contributed by atoms with Crippen molar-refractivity contribution in [2.24, 2.45) is 0 Å². The summed E-state index contributed by atoms with van der Waals surface area (Å²) in [5.74, 6) is 0. The molecule has 1 aliphatic rings. The number of hydrogen-bond acceptors (Lipinski definition) is 5. The first kappa shape index (κ1) is 15.9. The van der Waals surface area contributed by atoms with E-state index in [1.54, 1.807) is 11.4 Å². The summed E-state index contributed by atoms with van der Waals surface area (Å²) in [6.45, 7) is 8.09. The molecular weight excluding hydrogens is 296 g/mol. The molecule has 1 unspecified atom stereocenters. The fourth-order valence-corrected chi connectivity index (χ4v) is 4.91. The van der Waals surface area contributed by atoms with E-state index in [0.717, 1.165) is 4.88 Å². The third-order valence-corrected chi connectivity index (χ3v) is 6.30. The Labute approximate surface area is 125 Å². The van der Waals surface area contributed by atoms with Gasteiger partial charge in [0.1, 0.15) is 0 Å². The van der Waals surface area contributed by atoms with Crippen LogP contribution in [0.3, 0.4) is 0 Å². The first-order valence-corrected chi connectivity index (χ1v) is 9.13. The van der Waals surface area contributed by atoms with Gasteiger partial charge in [-0.05, 0) is 13.0 Å². The highest BCUT2D eigenvalue weighted by Gasteiger charge is 2.32. The minimum Gasteiger partial charge on any atom is -0.378 e. The standard InChI is InChI=1S/C13H22N2O3S2/c1-10(2)14-7-12-6-13(9-19-12)20(16,17)15-4-5-18-8-11(15)3/h6,9-11,14H,4-5,7-8H2,1-3H3. The van der Waals surface area contributed by atoms with Crippen LogP contribution >= 0.6 is 11.3 Å². The van der Waals surface area contributed by atoms with E-state index in [2.05, 4.69) is 19.2 Å². The Hall–Kier alpha value is -0.470. The van der Waals surface area contributed by atoms with Gasteiger partial charge in [-0.3, -0.25) is 0 Å². The highest BCUT2D eigenvalue weighted by Crippen LogP contribution is 2.25. The van der Waals surface area contributed by atoms with Crippen molar-refractivity contribution in [1.29, 1.82) is 0 Å². The Kier molecular flexibility index (Phi) is 5.19. The zero-order valence-electron chi connectivity index (χ0n) is 12.1. The highest BCUT2D eigenvalue weighted by molar-refractivity contribution is 7.89. The maximum atomic E-state index is 12.6. The van der Waals surface area contributed by atoms with Gasteiger partial charge in [-0.25, -0.2) is 8.42 Å². The van der Waals surface area contributed by atoms with E-state index in [9.17, 15) is 8.42 Å². The predicted molar refractivity (Wildman–Crippen MR) is 80.5 cm³/mol. The third-order valence-electron chi connectivity index (χ3n) is 3.23. The zero-order valence-corrected chi connectivity index (χ0v) is 13.8. The van der Waals surface area contributed by atoms with Crippen LogP contribution in [0.25, 0.3) is 0 Å². The molecule has 0 spiro atoms. The van der Waals surface area contributed by atoms with Crippen molar-refractivity contribution < 1.29 is 13.2 Å². The van der Waals surface area contributed by atoms with E-state index < -0.39 is 10.0 Å². The van der Waals surface area contributed by atoms with Crippen LogP contribution in [0, 0.1) is 0 Å². The Morgan fingerprint density at radius 1 is 1.55 bits per heavy atom. The molecule has 1 fully saturated rings. The average Bonchev–Trinajstić information content (AvgIpc) is 2.86. The monoisotopic (exact) mass is 318 g/mol. The largest absolute Gasteiger partial charge is 0.378 e. The Bertz CT molecular complexity index is 540. The van der Waals surface area contributed by atoms with Gasteiger partial charge in [0.2, 0.25) is 10.0 Å². The molecule has 1 atom stereocenters. The number of nitrogens with zero attached hydrogens (tertiary/aromatic N) is 1. The Morgan fingerprint density at radius 3 is 2.95 bits per heavy atom. The topological polar surface area (TPSA) is 58.6 Å². The summed E-state index contributed by atoms with van der Waals surface area (Å²) < 4.78 is 32.1. The molecule has 1 aliphatic heterocycles. The van der Waals surface area contributed by atoms with Gasteiger partial charge in [0.15, 0.2) is 0 Å². The predicted octanol–water partition coefficient (Wildman–Crippen LogP) is 1.66. The molecule has 0 bridgehead atoms. The van der Waals surface area contributed by atoms with E-state index in [0.29, 0.717) is 37.2 Å². The van der Waals surface area contributed by atoms with Gasteiger partial charge in [0, 0.05) is 35.4 Å². The van der Waals surface area contributed by atoms with Gasteiger partial charge in [0.05, 0.1) is 18.1 Å².